The Bertz CT molecular complexity index is 345. The summed E-state index contributed by atoms with van der Waals surface area (Å²) in [5, 5.41) is 3.34. The first-order chi connectivity index (χ1) is 8.29. The van der Waals surface area contributed by atoms with E-state index in [2.05, 4.69) is 5.32 Å². The fourth-order valence-corrected chi connectivity index (χ4v) is 2.88. The molecule has 1 saturated carbocycles. The molecule has 0 amide bonds. The maximum atomic E-state index is 13.6. The molecule has 1 nitrogen and oxygen atoms in total. The third-order valence-electron chi connectivity index (χ3n) is 3.92. The normalized spacial score (nSPS) is 18.5. The number of nitrogens with one attached hydrogen (secondary N) is 1. The fraction of sp³-hybridized carbons (Fsp3) is 0.600. The second kappa shape index (κ2) is 6.15. The Balaban J connectivity index is 1.92. The molecule has 1 aromatic rings. The predicted molar refractivity (Wildman–Crippen MR) is 69.5 cm³/mol. The highest BCUT2D eigenvalue weighted by molar-refractivity contribution is 5.18. The Morgan fingerprint density at radius 3 is 2.65 bits per heavy atom. The molecular formula is C15H22FN. The maximum absolute atomic E-state index is 13.6. The average Bonchev–Trinajstić information content (AvgIpc) is 2.84. The van der Waals surface area contributed by atoms with E-state index in [0.717, 1.165) is 17.9 Å². The van der Waals surface area contributed by atoms with Crippen LogP contribution in [0.5, 0.6) is 0 Å². The molecule has 0 bridgehead atoms. The molecule has 0 radical (unpaired) electrons. The minimum Gasteiger partial charge on any atom is -0.317 e. The largest absolute Gasteiger partial charge is 0.317 e. The Hall–Kier alpha value is -0.890. The Morgan fingerprint density at radius 2 is 2.00 bits per heavy atom. The van der Waals surface area contributed by atoms with Gasteiger partial charge in [0.1, 0.15) is 5.82 Å². The Kier molecular flexibility index (Phi) is 4.55. The molecule has 1 fully saturated rings. The van der Waals surface area contributed by atoms with Crippen molar-refractivity contribution in [2.75, 3.05) is 7.05 Å². The highest BCUT2D eigenvalue weighted by atomic mass is 19.1. The monoisotopic (exact) mass is 235 g/mol. The zero-order valence-electron chi connectivity index (χ0n) is 10.6. The number of benzene rings is 1. The smallest absolute Gasteiger partial charge is 0.126 e. The van der Waals surface area contributed by atoms with Crippen molar-refractivity contribution >= 4 is 0 Å². The number of likely N-dealkylation sites (N-methyl/N-ethyl adjacent to an activating group) is 1. The molecule has 0 heterocycles. The van der Waals surface area contributed by atoms with Crippen molar-refractivity contribution in [3.8, 4) is 0 Å². The third kappa shape index (κ3) is 3.53. The van der Waals surface area contributed by atoms with E-state index < -0.39 is 0 Å². The summed E-state index contributed by atoms with van der Waals surface area (Å²) in [7, 11) is 1.99. The minimum absolute atomic E-state index is 0.0702. The van der Waals surface area contributed by atoms with Crippen molar-refractivity contribution in [3.63, 3.8) is 0 Å². The average molecular weight is 235 g/mol. The molecule has 0 aromatic heterocycles. The summed E-state index contributed by atoms with van der Waals surface area (Å²) in [4.78, 5) is 0. The first-order valence-electron chi connectivity index (χ1n) is 6.70. The molecule has 1 unspecified atom stereocenters. The number of hydrogen-bond donors (Lipinski definition) is 1. The van der Waals surface area contributed by atoms with Gasteiger partial charge in [0.2, 0.25) is 0 Å². The van der Waals surface area contributed by atoms with Gasteiger partial charge in [-0.1, -0.05) is 43.9 Å². The molecule has 2 heteroatoms. The molecule has 1 aromatic carbocycles. The van der Waals surface area contributed by atoms with Crippen molar-refractivity contribution in [2.24, 2.45) is 5.92 Å². The summed E-state index contributed by atoms with van der Waals surface area (Å²) in [5.74, 6) is 0.776. The van der Waals surface area contributed by atoms with E-state index in [1.165, 1.54) is 32.1 Å². The van der Waals surface area contributed by atoms with Crippen molar-refractivity contribution in [1.29, 1.82) is 0 Å². The summed E-state index contributed by atoms with van der Waals surface area (Å²) < 4.78 is 13.6. The SMILES string of the molecule is CNC(Cc1ccccc1F)CC1CCCC1. The Labute approximate surface area is 103 Å². The van der Waals surface area contributed by atoms with E-state index in [1.807, 2.05) is 19.2 Å². The summed E-state index contributed by atoms with van der Waals surface area (Å²) in [6.07, 6.45) is 7.46. The van der Waals surface area contributed by atoms with Gasteiger partial charge in [0, 0.05) is 6.04 Å². The molecule has 0 aliphatic heterocycles. The van der Waals surface area contributed by atoms with E-state index in [4.69, 9.17) is 0 Å². The lowest BCUT2D eigenvalue weighted by molar-refractivity contribution is 0.399. The van der Waals surface area contributed by atoms with Crippen LogP contribution >= 0.6 is 0 Å². The van der Waals surface area contributed by atoms with Crippen LogP contribution in [0.3, 0.4) is 0 Å². The van der Waals surface area contributed by atoms with Gasteiger partial charge in [0.05, 0.1) is 0 Å². The standard InChI is InChI=1S/C15H22FN/c1-17-14(10-12-6-2-3-7-12)11-13-8-4-5-9-15(13)16/h4-5,8-9,12,14,17H,2-3,6-7,10-11H2,1H3. The van der Waals surface area contributed by atoms with Gasteiger partial charge in [-0.3, -0.25) is 0 Å². The summed E-state index contributed by atoms with van der Waals surface area (Å²) in [5.41, 5.74) is 0.838. The quantitative estimate of drug-likeness (QED) is 0.823. The van der Waals surface area contributed by atoms with Gasteiger partial charge in [-0.2, -0.15) is 0 Å². The first-order valence-corrected chi connectivity index (χ1v) is 6.70. The molecule has 1 N–H and O–H groups in total. The van der Waals surface area contributed by atoms with Gasteiger partial charge in [0.15, 0.2) is 0 Å². The lowest BCUT2D eigenvalue weighted by Gasteiger charge is -2.20. The van der Waals surface area contributed by atoms with Crippen LogP contribution in [0.25, 0.3) is 0 Å². The van der Waals surface area contributed by atoms with Crippen LogP contribution < -0.4 is 5.32 Å². The third-order valence-corrected chi connectivity index (χ3v) is 3.92. The van der Waals surface area contributed by atoms with E-state index >= 15 is 0 Å². The topological polar surface area (TPSA) is 12.0 Å². The fourth-order valence-electron chi connectivity index (χ4n) is 2.88. The zero-order valence-corrected chi connectivity index (χ0v) is 10.6. The van der Waals surface area contributed by atoms with Crippen LogP contribution in [0.2, 0.25) is 0 Å². The van der Waals surface area contributed by atoms with E-state index in [1.54, 1.807) is 12.1 Å². The molecule has 2 rings (SSSR count). The first kappa shape index (κ1) is 12.6. The molecule has 94 valence electrons. The second-order valence-corrected chi connectivity index (χ2v) is 5.17. The van der Waals surface area contributed by atoms with E-state index in [-0.39, 0.29) is 5.82 Å². The number of halogens is 1. The van der Waals surface area contributed by atoms with Gasteiger partial charge in [-0.15, -0.1) is 0 Å². The number of rotatable bonds is 5. The lowest BCUT2D eigenvalue weighted by Crippen LogP contribution is -2.30. The van der Waals surface area contributed by atoms with Crippen molar-refractivity contribution in [3.05, 3.63) is 35.6 Å². The van der Waals surface area contributed by atoms with Crippen LogP contribution in [0.15, 0.2) is 24.3 Å². The van der Waals surface area contributed by atoms with Gasteiger partial charge in [-0.25, -0.2) is 4.39 Å². The van der Waals surface area contributed by atoms with Crippen molar-refractivity contribution < 1.29 is 4.39 Å². The van der Waals surface area contributed by atoms with Gasteiger partial charge < -0.3 is 5.32 Å². The predicted octanol–water partition coefficient (Wildman–Crippen LogP) is 3.54. The van der Waals surface area contributed by atoms with Crippen LogP contribution in [0.1, 0.15) is 37.7 Å². The molecule has 1 aliphatic carbocycles. The lowest BCUT2D eigenvalue weighted by atomic mass is 9.94. The van der Waals surface area contributed by atoms with Crippen molar-refractivity contribution in [2.45, 2.75) is 44.6 Å². The molecule has 1 atom stereocenters. The van der Waals surface area contributed by atoms with Crippen LogP contribution in [-0.4, -0.2) is 13.1 Å². The zero-order chi connectivity index (χ0) is 12.1. The molecule has 1 aliphatic rings. The highest BCUT2D eigenvalue weighted by Gasteiger charge is 2.20. The molecular weight excluding hydrogens is 213 g/mol. The second-order valence-electron chi connectivity index (χ2n) is 5.17. The van der Waals surface area contributed by atoms with Crippen LogP contribution in [-0.2, 0) is 6.42 Å². The van der Waals surface area contributed by atoms with Gasteiger partial charge in [0.25, 0.3) is 0 Å². The van der Waals surface area contributed by atoms with E-state index in [0.29, 0.717) is 6.04 Å². The molecule has 17 heavy (non-hydrogen) atoms. The van der Waals surface area contributed by atoms with Crippen LogP contribution in [0, 0.1) is 11.7 Å². The highest BCUT2D eigenvalue weighted by Crippen LogP contribution is 2.29. The van der Waals surface area contributed by atoms with Gasteiger partial charge >= 0.3 is 0 Å². The Morgan fingerprint density at radius 1 is 1.29 bits per heavy atom. The minimum atomic E-state index is -0.0702. The summed E-state index contributed by atoms with van der Waals surface area (Å²) in [6, 6.07) is 7.53. The molecule has 0 saturated heterocycles. The molecule has 0 spiro atoms. The van der Waals surface area contributed by atoms with Gasteiger partial charge in [-0.05, 0) is 37.4 Å². The van der Waals surface area contributed by atoms with E-state index in [9.17, 15) is 4.39 Å². The number of hydrogen-bond acceptors (Lipinski definition) is 1. The summed E-state index contributed by atoms with van der Waals surface area (Å²) >= 11 is 0. The maximum Gasteiger partial charge on any atom is 0.126 e. The van der Waals surface area contributed by atoms with Crippen LogP contribution in [0.4, 0.5) is 4.39 Å². The van der Waals surface area contributed by atoms with Crippen molar-refractivity contribution in [1.82, 2.24) is 5.32 Å². The summed E-state index contributed by atoms with van der Waals surface area (Å²) in [6.45, 7) is 0.